The monoisotopic (exact) mass is 428 g/mol. The quantitative estimate of drug-likeness (QED) is 0.579. The fourth-order valence-corrected chi connectivity index (χ4v) is 4.51. The lowest BCUT2D eigenvalue weighted by Gasteiger charge is -2.44. The molecule has 4 rings (SSSR count). The van der Waals surface area contributed by atoms with Gasteiger partial charge in [0.2, 0.25) is 5.91 Å². The molecule has 0 spiro atoms. The minimum atomic E-state index is -1.17. The van der Waals surface area contributed by atoms with Crippen LogP contribution < -0.4 is 5.32 Å². The van der Waals surface area contributed by atoms with Crippen molar-refractivity contribution in [2.45, 2.75) is 70.1 Å². The first-order valence-corrected chi connectivity index (χ1v) is 10.7. The Hall–Kier alpha value is -3.10. The SMILES string of the molecule is COC(=O)c1ncn2c1C(=O)N(Cc1ccco1)[C@](C)(C(=O)NC1CCCCCC1)C2. The predicted octanol–water partition coefficient (Wildman–Crippen LogP) is 2.52. The van der Waals surface area contributed by atoms with Crippen molar-refractivity contribution in [3.8, 4) is 0 Å². The van der Waals surface area contributed by atoms with Crippen molar-refractivity contribution < 1.29 is 23.5 Å². The summed E-state index contributed by atoms with van der Waals surface area (Å²) in [6.45, 7) is 2.03. The summed E-state index contributed by atoms with van der Waals surface area (Å²) in [5.74, 6) is -0.807. The lowest BCUT2D eigenvalue weighted by Crippen LogP contribution is -2.64. The fraction of sp³-hybridized carbons (Fsp3) is 0.545. The summed E-state index contributed by atoms with van der Waals surface area (Å²) < 4.78 is 11.8. The van der Waals surface area contributed by atoms with E-state index in [2.05, 4.69) is 10.3 Å². The molecule has 2 amide bonds. The van der Waals surface area contributed by atoms with Gasteiger partial charge in [0, 0.05) is 6.04 Å². The fourth-order valence-electron chi connectivity index (χ4n) is 4.51. The van der Waals surface area contributed by atoms with Crippen LogP contribution in [0.2, 0.25) is 0 Å². The highest BCUT2D eigenvalue weighted by molar-refractivity contribution is 6.06. The standard InChI is InChI=1S/C22H28N4O5/c1-22(21(29)24-15-8-5-3-4-6-9-15)13-25-14-23-17(20(28)30-2)18(25)19(27)26(22)12-16-10-7-11-31-16/h7,10-11,14-15H,3-6,8-9,12-13H2,1-2H3,(H,24,29)/t22-/m0/s1. The number of amides is 2. The van der Waals surface area contributed by atoms with Gasteiger partial charge < -0.3 is 23.9 Å². The molecule has 9 heteroatoms. The van der Waals surface area contributed by atoms with E-state index < -0.39 is 17.4 Å². The smallest absolute Gasteiger partial charge is 0.359 e. The average molecular weight is 428 g/mol. The second-order valence-electron chi connectivity index (χ2n) is 8.47. The Balaban J connectivity index is 1.68. The first kappa shape index (κ1) is 21.1. The Morgan fingerprint density at radius 1 is 1.29 bits per heavy atom. The minimum Gasteiger partial charge on any atom is -0.467 e. The molecule has 2 aromatic rings. The van der Waals surface area contributed by atoms with Gasteiger partial charge in [-0.05, 0) is 31.9 Å². The maximum absolute atomic E-state index is 13.5. The van der Waals surface area contributed by atoms with Gasteiger partial charge in [-0.2, -0.15) is 0 Å². The molecule has 0 aromatic carbocycles. The first-order valence-electron chi connectivity index (χ1n) is 10.7. The maximum Gasteiger partial charge on any atom is 0.359 e. The number of furan rings is 1. The Morgan fingerprint density at radius 3 is 2.68 bits per heavy atom. The molecule has 31 heavy (non-hydrogen) atoms. The van der Waals surface area contributed by atoms with Gasteiger partial charge in [-0.1, -0.05) is 25.7 Å². The molecule has 166 valence electrons. The van der Waals surface area contributed by atoms with E-state index in [0.29, 0.717) is 5.76 Å². The number of hydrogen-bond donors (Lipinski definition) is 1. The summed E-state index contributed by atoms with van der Waals surface area (Å²) in [6, 6.07) is 3.59. The third-order valence-corrected chi connectivity index (χ3v) is 6.31. The lowest BCUT2D eigenvalue weighted by molar-refractivity contribution is -0.134. The normalized spacial score (nSPS) is 22.0. The van der Waals surface area contributed by atoms with E-state index in [9.17, 15) is 14.4 Å². The molecule has 2 aliphatic rings. The molecule has 1 saturated carbocycles. The van der Waals surface area contributed by atoms with E-state index in [4.69, 9.17) is 9.15 Å². The van der Waals surface area contributed by atoms with Gasteiger partial charge in [-0.3, -0.25) is 9.59 Å². The van der Waals surface area contributed by atoms with Crippen molar-refractivity contribution in [2.75, 3.05) is 7.11 Å². The van der Waals surface area contributed by atoms with Crippen LogP contribution in [-0.4, -0.2) is 50.9 Å². The highest BCUT2D eigenvalue weighted by Gasteiger charge is 2.49. The number of fused-ring (bicyclic) bond motifs is 1. The molecule has 3 heterocycles. The van der Waals surface area contributed by atoms with E-state index in [0.717, 1.165) is 25.7 Å². The van der Waals surface area contributed by atoms with Crippen LogP contribution in [0.15, 0.2) is 29.1 Å². The van der Waals surface area contributed by atoms with Crippen LogP contribution in [0, 0.1) is 0 Å². The Kier molecular flexibility index (Phi) is 5.84. The van der Waals surface area contributed by atoms with Crippen LogP contribution in [0.5, 0.6) is 0 Å². The highest BCUT2D eigenvalue weighted by Crippen LogP contribution is 2.31. The number of ether oxygens (including phenoxy) is 1. The van der Waals surface area contributed by atoms with Crippen LogP contribution in [0.25, 0.3) is 0 Å². The van der Waals surface area contributed by atoms with E-state index in [1.165, 1.54) is 37.4 Å². The topological polar surface area (TPSA) is 107 Å². The minimum absolute atomic E-state index is 0.0526. The van der Waals surface area contributed by atoms with Crippen LogP contribution in [0.1, 0.15) is 72.2 Å². The maximum atomic E-state index is 13.5. The van der Waals surface area contributed by atoms with Gasteiger partial charge in [0.05, 0.1) is 32.8 Å². The largest absolute Gasteiger partial charge is 0.467 e. The van der Waals surface area contributed by atoms with Crippen LogP contribution in [0.4, 0.5) is 0 Å². The number of aromatic nitrogens is 2. The van der Waals surface area contributed by atoms with Gasteiger partial charge in [0.25, 0.3) is 5.91 Å². The zero-order valence-corrected chi connectivity index (χ0v) is 17.9. The number of imidazole rings is 1. The Bertz CT molecular complexity index is 959. The van der Waals surface area contributed by atoms with Gasteiger partial charge >= 0.3 is 5.97 Å². The molecule has 0 radical (unpaired) electrons. The van der Waals surface area contributed by atoms with Crippen molar-refractivity contribution in [2.24, 2.45) is 0 Å². The summed E-state index contributed by atoms with van der Waals surface area (Å²) in [4.78, 5) is 44.8. The molecule has 0 bridgehead atoms. The second-order valence-corrected chi connectivity index (χ2v) is 8.47. The number of carbonyl (C=O) groups excluding carboxylic acids is 3. The summed E-state index contributed by atoms with van der Waals surface area (Å²) in [6.07, 6.45) is 9.36. The third-order valence-electron chi connectivity index (χ3n) is 6.31. The van der Waals surface area contributed by atoms with Crippen LogP contribution in [0.3, 0.4) is 0 Å². The van der Waals surface area contributed by atoms with Crippen LogP contribution in [-0.2, 0) is 22.6 Å². The number of nitrogens with zero attached hydrogens (tertiary/aromatic N) is 3. The highest BCUT2D eigenvalue weighted by atomic mass is 16.5. The molecule has 9 nitrogen and oxygen atoms in total. The van der Waals surface area contributed by atoms with Crippen LogP contribution >= 0.6 is 0 Å². The van der Waals surface area contributed by atoms with E-state index in [-0.39, 0.29) is 36.4 Å². The summed E-state index contributed by atoms with van der Waals surface area (Å²) >= 11 is 0. The zero-order valence-electron chi connectivity index (χ0n) is 17.9. The molecule has 2 aromatic heterocycles. The Labute approximate surface area is 180 Å². The van der Waals surface area contributed by atoms with Crippen molar-refractivity contribution >= 4 is 17.8 Å². The Morgan fingerprint density at radius 2 is 2.03 bits per heavy atom. The molecule has 0 unspecified atom stereocenters. The van der Waals surface area contributed by atoms with Crippen molar-refractivity contribution in [3.05, 3.63) is 41.9 Å². The number of rotatable bonds is 5. The molecule has 1 atom stereocenters. The molecule has 0 saturated heterocycles. The summed E-state index contributed by atoms with van der Waals surface area (Å²) in [5, 5.41) is 3.18. The predicted molar refractivity (Wildman–Crippen MR) is 110 cm³/mol. The van der Waals surface area contributed by atoms with E-state index in [1.54, 1.807) is 23.6 Å². The molecular formula is C22H28N4O5. The van der Waals surface area contributed by atoms with Crippen molar-refractivity contribution in [3.63, 3.8) is 0 Å². The zero-order chi connectivity index (χ0) is 22.0. The van der Waals surface area contributed by atoms with Gasteiger partial charge in [0.15, 0.2) is 5.69 Å². The van der Waals surface area contributed by atoms with Crippen molar-refractivity contribution in [1.29, 1.82) is 0 Å². The summed E-state index contributed by atoms with van der Waals surface area (Å²) in [5.41, 5.74) is -1.10. The van der Waals surface area contributed by atoms with Gasteiger partial charge in [0.1, 0.15) is 17.0 Å². The molecular weight excluding hydrogens is 400 g/mol. The number of hydrogen-bond acceptors (Lipinski definition) is 6. The third kappa shape index (κ3) is 3.96. The lowest BCUT2D eigenvalue weighted by atomic mass is 9.93. The molecule has 1 aliphatic carbocycles. The summed E-state index contributed by atoms with van der Waals surface area (Å²) in [7, 11) is 1.24. The number of esters is 1. The van der Waals surface area contributed by atoms with Gasteiger partial charge in [-0.15, -0.1) is 0 Å². The molecule has 1 fully saturated rings. The van der Waals surface area contributed by atoms with E-state index in [1.807, 2.05) is 0 Å². The van der Waals surface area contributed by atoms with E-state index >= 15 is 0 Å². The number of nitrogens with one attached hydrogen (secondary N) is 1. The van der Waals surface area contributed by atoms with Gasteiger partial charge in [-0.25, -0.2) is 9.78 Å². The second kappa shape index (κ2) is 8.56. The number of methoxy groups -OCH3 is 1. The van der Waals surface area contributed by atoms with Crippen molar-refractivity contribution in [1.82, 2.24) is 19.8 Å². The average Bonchev–Trinajstić information content (AvgIpc) is 3.35. The molecule has 1 N–H and O–H groups in total. The first-order chi connectivity index (χ1) is 14.9. The number of carbonyl (C=O) groups is 3. The molecule has 1 aliphatic heterocycles.